The third-order valence-electron chi connectivity index (χ3n) is 3.79. The molecule has 0 spiro atoms. The standard InChI is InChI=1S/C17H16N4O3/c22-17-18-7-2-8-23-12-5-6-14-13(9-12)16(21-20-14)15-4-1-3-11(19-15)10-24-17/h1,3-6,9H,2,7-8,10H2,(H,18,22)(H,20,21). The smallest absolute Gasteiger partial charge is 0.407 e. The van der Waals surface area contributed by atoms with Crippen LogP contribution in [0.15, 0.2) is 36.4 Å². The number of nitrogens with one attached hydrogen (secondary N) is 2. The molecule has 3 heterocycles. The zero-order chi connectivity index (χ0) is 16.4. The quantitative estimate of drug-likeness (QED) is 0.663. The van der Waals surface area contributed by atoms with E-state index in [0.29, 0.717) is 25.3 Å². The number of alkyl carbamates (subject to hydrolysis) is 1. The average molecular weight is 324 g/mol. The van der Waals surface area contributed by atoms with E-state index in [-0.39, 0.29) is 6.61 Å². The number of aromatic amines is 1. The molecular formula is C17H16N4O3. The first-order valence-electron chi connectivity index (χ1n) is 7.77. The fraction of sp³-hybridized carbons (Fsp3) is 0.235. The topological polar surface area (TPSA) is 89.1 Å². The Morgan fingerprint density at radius 2 is 2.08 bits per heavy atom. The van der Waals surface area contributed by atoms with E-state index in [4.69, 9.17) is 9.47 Å². The van der Waals surface area contributed by atoms with Crippen LogP contribution in [0.25, 0.3) is 22.3 Å². The van der Waals surface area contributed by atoms with Crippen molar-refractivity contribution in [1.82, 2.24) is 20.5 Å². The highest BCUT2D eigenvalue weighted by Gasteiger charge is 2.12. The van der Waals surface area contributed by atoms with Crippen molar-refractivity contribution in [2.75, 3.05) is 13.2 Å². The molecule has 0 atom stereocenters. The predicted molar refractivity (Wildman–Crippen MR) is 87.6 cm³/mol. The summed E-state index contributed by atoms with van der Waals surface area (Å²) in [5.74, 6) is 0.763. The maximum atomic E-state index is 11.7. The second kappa shape index (κ2) is 6.19. The molecule has 122 valence electrons. The van der Waals surface area contributed by atoms with Crippen LogP contribution in [0.1, 0.15) is 12.1 Å². The molecule has 2 aromatic heterocycles. The Morgan fingerprint density at radius 3 is 3.04 bits per heavy atom. The Morgan fingerprint density at radius 1 is 1.12 bits per heavy atom. The summed E-state index contributed by atoms with van der Waals surface area (Å²) >= 11 is 0. The fourth-order valence-electron chi connectivity index (χ4n) is 2.61. The summed E-state index contributed by atoms with van der Waals surface area (Å²) in [6.45, 7) is 1.11. The summed E-state index contributed by atoms with van der Waals surface area (Å²) in [5.41, 5.74) is 3.05. The summed E-state index contributed by atoms with van der Waals surface area (Å²) in [7, 11) is 0. The first-order valence-corrected chi connectivity index (χ1v) is 7.77. The number of nitrogens with zero attached hydrogens (tertiary/aromatic N) is 2. The highest BCUT2D eigenvalue weighted by Crippen LogP contribution is 2.28. The molecule has 4 rings (SSSR count). The molecule has 1 aliphatic heterocycles. The SMILES string of the molecule is O=C1NCCCOc2ccc3[nH]nc(c3c2)-c2cccc(n2)CO1. The Labute approximate surface area is 138 Å². The van der Waals surface area contributed by atoms with Gasteiger partial charge in [0.15, 0.2) is 0 Å². The first-order chi connectivity index (χ1) is 11.8. The molecule has 0 radical (unpaired) electrons. The third-order valence-corrected chi connectivity index (χ3v) is 3.79. The van der Waals surface area contributed by atoms with Crippen molar-refractivity contribution in [3.05, 3.63) is 42.1 Å². The lowest BCUT2D eigenvalue weighted by atomic mass is 10.1. The lowest BCUT2D eigenvalue weighted by molar-refractivity contribution is 0.137. The van der Waals surface area contributed by atoms with E-state index >= 15 is 0 Å². The zero-order valence-corrected chi connectivity index (χ0v) is 12.9. The minimum Gasteiger partial charge on any atom is -0.494 e. The van der Waals surface area contributed by atoms with Gasteiger partial charge < -0.3 is 14.8 Å². The van der Waals surface area contributed by atoms with Crippen molar-refractivity contribution < 1.29 is 14.3 Å². The van der Waals surface area contributed by atoms with E-state index in [1.165, 1.54) is 0 Å². The van der Waals surface area contributed by atoms with E-state index in [0.717, 1.165) is 28.0 Å². The number of fused-ring (bicyclic) bond motifs is 4. The Hall–Kier alpha value is -3.09. The number of cyclic esters (lactones) is 1. The highest BCUT2D eigenvalue weighted by atomic mass is 16.5. The molecule has 24 heavy (non-hydrogen) atoms. The second-order valence-corrected chi connectivity index (χ2v) is 5.50. The van der Waals surface area contributed by atoms with E-state index < -0.39 is 6.09 Å². The summed E-state index contributed by atoms with van der Waals surface area (Å²) in [5, 5.41) is 11.0. The van der Waals surface area contributed by atoms with Gasteiger partial charge in [-0.15, -0.1) is 0 Å². The van der Waals surface area contributed by atoms with Gasteiger partial charge in [-0.25, -0.2) is 9.78 Å². The van der Waals surface area contributed by atoms with Crippen molar-refractivity contribution in [1.29, 1.82) is 0 Å². The lowest BCUT2D eigenvalue weighted by Crippen LogP contribution is -2.26. The average Bonchev–Trinajstić information content (AvgIpc) is 3.02. The Kier molecular flexibility index (Phi) is 3.74. The molecule has 4 bridgehead atoms. The van der Waals surface area contributed by atoms with Crippen LogP contribution in [-0.2, 0) is 11.3 Å². The normalized spacial score (nSPS) is 15.1. The fourth-order valence-corrected chi connectivity index (χ4v) is 2.61. The summed E-state index contributed by atoms with van der Waals surface area (Å²) < 4.78 is 10.9. The van der Waals surface area contributed by atoms with E-state index in [1.54, 1.807) is 0 Å². The lowest BCUT2D eigenvalue weighted by Gasteiger charge is -2.08. The number of H-pyrrole nitrogens is 1. The summed E-state index contributed by atoms with van der Waals surface area (Å²) in [6, 6.07) is 11.4. The number of benzene rings is 1. The van der Waals surface area contributed by atoms with Crippen LogP contribution in [0.3, 0.4) is 0 Å². The molecule has 7 nitrogen and oxygen atoms in total. The van der Waals surface area contributed by atoms with Gasteiger partial charge in [-0.2, -0.15) is 5.10 Å². The molecule has 2 N–H and O–H groups in total. The van der Waals surface area contributed by atoms with Gasteiger partial charge in [0.25, 0.3) is 0 Å². The Balaban J connectivity index is 1.78. The number of carbonyl (C=O) groups is 1. The first kappa shape index (κ1) is 14.5. The largest absolute Gasteiger partial charge is 0.494 e. The van der Waals surface area contributed by atoms with Crippen LogP contribution >= 0.6 is 0 Å². The molecule has 1 amide bonds. The minimum atomic E-state index is -0.459. The molecular weight excluding hydrogens is 308 g/mol. The van der Waals surface area contributed by atoms with E-state index in [1.807, 2.05) is 36.4 Å². The van der Waals surface area contributed by atoms with E-state index in [9.17, 15) is 4.79 Å². The molecule has 1 aliphatic rings. The molecule has 0 saturated carbocycles. The van der Waals surface area contributed by atoms with Crippen molar-refractivity contribution in [3.8, 4) is 17.1 Å². The molecule has 0 fully saturated rings. The molecule has 1 aromatic carbocycles. The van der Waals surface area contributed by atoms with Gasteiger partial charge >= 0.3 is 6.09 Å². The van der Waals surface area contributed by atoms with Crippen molar-refractivity contribution in [2.24, 2.45) is 0 Å². The maximum Gasteiger partial charge on any atom is 0.407 e. The van der Waals surface area contributed by atoms with Crippen LogP contribution in [-0.4, -0.2) is 34.4 Å². The molecule has 0 saturated heterocycles. The number of amides is 1. The summed E-state index contributed by atoms with van der Waals surface area (Å²) in [6.07, 6.45) is 0.233. The van der Waals surface area contributed by atoms with Gasteiger partial charge in [0.05, 0.1) is 23.5 Å². The second-order valence-electron chi connectivity index (χ2n) is 5.50. The van der Waals surface area contributed by atoms with Gasteiger partial charge in [0.2, 0.25) is 0 Å². The number of aromatic nitrogens is 3. The predicted octanol–water partition coefficient (Wildman–Crippen LogP) is 2.63. The third kappa shape index (κ3) is 2.88. The number of ether oxygens (including phenoxy) is 2. The van der Waals surface area contributed by atoms with Crippen LogP contribution in [0.2, 0.25) is 0 Å². The van der Waals surface area contributed by atoms with E-state index in [2.05, 4.69) is 20.5 Å². The van der Waals surface area contributed by atoms with Crippen molar-refractivity contribution >= 4 is 17.0 Å². The summed E-state index contributed by atoms with van der Waals surface area (Å²) in [4.78, 5) is 16.2. The van der Waals surface area contributed by atoms with Crippen molar-refractivity contribution in [3.63, 3.8) is 0 Å². The van der Waals surface area contributed by atoms with Crippen molar-refractivity contribution in [2.45, 2.75) is 13.0 Å². The minimum absolute atomic E-state index is 0.115. The zero-order valence-electron chi connectivity index (χ0n) is 12.9. The van der Waals surface area contributed by atoms with Gasteiger partial charge in [0.1, 0.15) is 18.1 Å². The van der Waals surface area contributed by atoms with Crippen LogP contribution < -0.4 is 10.1 Å². The number of carbonyl (C=O) groups excluding carboxylic acids is 1. The van der Waals surface area contributed by atoms with Gasteiger partial charge in [-0.05, 0) is 36.8 Å². The van der Waals surface area contributed by atoms with Crippen LogP contribution in [0.4, 0.5) is 4.79 Å². The molecule has 0 unspecified atom stereocenters. The number of rotatable bonds is 0. The highest BCUT2D eigenvalue weighted by molar-refractivity contribution is 5.92. The van der Waals surface area contributed by atoms with Crippen LogP contribution in [0.5, 0.6) is 5.75 Å². The number of hydrogen-bond acceptors (Lipinski definition) is 5. The molecule has 3 aromatic rings. The van der Waals surface area contributed by atoms with Gasteiger partial charge in [-0.3, -0.25) is 5.10 Å². The molecule has 0 aliphatic carbocycles. The van der Waals surface area contributed by atoms with Gasteiger partial charge in [0, 0.05) is 11.9 Å². The Bertz CT molecular complexity index is 890. The maximum absolute atomic E-state index is 11.7. The number of hydrogen-bond donors (Lipinski definition) is 2. The number of pyridine rings is 1. The van der Waals surface area contributed by atoms with Gasteiger partial charge in [-0.1, -0.05) is 6.07 Å². The van der Waals surface area contributed by atoms with Crippen LogP contribution in [0, 0.1) is 0 Å². The molecule has 7 heteroatoms. The monoisotopic (exact) mass is 324 g/mol.